The Kier molecular flexibility index (Phi) is 11.3. The second-order valence-electron chi connectivity index (χ2n) is 4.13. The molecule has 19 heavy (non-hydrogen) atoms. The Morgan fingerprint density at radius 2 is 2.16 bits per heavy atom. The molecule has 1 fully saturated rings. The minimum atomic E-state index is -0.182. The van der Waals surface area contributed by atoms with Crippen molar-refractivity contribution in [2.75, 3.05) is 19.8 Å². The van der Waals surface area contributed by atoms with E-state index in [-0.39, 0.29) is 18.2 Å². The van der Waals surface area contributed by atoms with Crippen molar-refractivity contribution >= 4 is 5.91 Å². The SMILES string of the molecule is C=COCC.CCOC(C)OC[C@H]1CCCC(=O)N1. The molecule has 1 unspecified atom stereocenters. The van der Waals surface area contributed by atoms with Crippen molar-refractivity contribution in [1.82, 2.24) is 5.32 Å². The van der Waals surface area contributed by atoms with Gasteiger partial charge in [-0.15, -0.1) is 0 Å². The molecular formula is C14H27NO4. The topological polar surface area (TPSA) is 56.8 Å². The molecule has 0 aromatic heterocycles. The third-order valence-electron chi connectivity index (χ3n) is 2.54. The number of carbonyl (C=O) groups is 1. The number of rotatable bonds is 7. The highest BCUT2D eigenvalue weighted by Crippen LogP contribution is 2.09. The fraction of sp³-hybridized carbons (Fsp3) is 0.786. The Morgan fingerprint density at radius 3 is 2.63 bits per heavy atom. The molecule has 5 nitrogen and oxygen atoms in total. The van der Waals surface area contributed by atoms with Crippen molar-refractivity contribution in [3.63, 3.8) is 0 Å². The Bertz CT molecular complexity index is 246. The summed E-state index contributed by atoms with van der Waals surface area (Å²) in [5, 5.41) is 2.89. The van der Waals surface area contributed by atoms with E-state index in [9.17, 15) is 4.79 Å². The van der Waals surface area contributed by atoms with Gasteiger partial charge in [0, 0.05) is 13.0 Å². The first kappa shape index (κ1) is 17.9. The van der Waals surface area contributed by atoms with Crippen molar-refractivity contribution in [3.8, 4) is 0 Å². The predicted molar refractivity (Wildman–Crippen MR) is 74.6 cm³/mol. The highest BCUT2D eigenvalue weighted by Gasteiger charge is 2.18. The van der Waals surface area contributed by atoms with Crippen molar-refractivity contribution in [1.29, 1.82) is 0 Å². The van der Waals surface area contributed by atoms with E-state index in [2.05, 4.69) is 16.6 Å². The average Bonchev–Trinajstić information content (AvgIpc) is 2.39. The van der Waals surface area contributed by atoms with Gasteiger partial charge >= 0.3 is 0 Å². The molecule has 0 aliphatic carbocycles. The minimum absolute atomic E-state index is 0.133. The van der Waals surface area contributed by atoms with E-state index in [1.165, 1.54) is 6.26 Å². The fourth-order valence-electron chi connectivity index (χ4n) is 1.66. The molecule has 1 heterocycles. The lowest BCUT2D eigenvalue weighted by molar-refractivity contribution is -0.138. The molecule has 0 saturated carbocycles. The van der Waals surface area contributed by atoms with Crippen LogP contribution in [0.5, 0.6) is 0 Å². The van der Waals surface area contributed by atoms with E-state index < -0.39 is 0 Å². The molecule has 1 N–H and O–H groups in total. The van der Waals surface area contributed by atoms with E-state index in [4.69, 9.17) is 9.47 Å². The minimum Gasteiger partial charge on any atom is -0.502 e. The molecular weight excluding hydrogens is 246 g/mol. The second-order valence-corrected chi connectivity index (χ2v) is 4.13. The summed E-state index contributed by atoms with van der Waals surface area (Å²) >= 11 is 0. The summed E-state index contributed by atoms with van der Waals surface area (Å²) < 4.78 is 15.3. The van der Waals surface area contributed by atoms with Crippen LogP contribution >= 0.6 is 0 Å². The van der Waals surface area contributed by atoms with Gasteiger partial charge in [0.15, 0.2) is 6.29 Å². The van der Waals surface area contributed by atoms with E-state index in [1.807, 2.05) is 20.8 Å². The first-order valence-electron chi connectivity index (χ1n) is 6.89. The molecule has 2 atom stereocenters. The quantitative estimate of drug-likeness (QED) is 0.571. The van der Waals surface area contributed by atoms with Gasteiger partial charge in [0.2, 0.25) is 5.91 Å². The number of nitrogens with one attached hydrogen (secondary N) is 1. The van der Waals surface area contributed by atoms with Gasteiger partial charge in [-0.05, 0) is 33.6 Å². The zero-order valence-corrected chi connectivity index (χ0v) is 12.3. The number of hydrogen-bond donors (Lipinski definition) is 1. The first-order valence-corrected chi connectivity index (χ1v) is 6.89. The van der Waals surface area contributed by atoms with Crippen LogP contribution in [0.15, 0.2) is 12.8 Å². The Labute approximate surface area is 116 Å². The van der Waals surface area contributed by atoms with Gasteiger partial charge in [-0.3, -0.25) is 4.79 Å². The van der Waals surface area contributed by atoms with E-state index >= 15 is 0 Å². The maximum Gasteiger partial charge on any atom is 0.220 e. The molecule has 0 aromatic rings. The molecule has 1 rings (SSSR count). The molecule has 112 valence electrons. The molecule has 1 saturated heterocycles. The van der Waals surface area contributed by atoms with Crippen LogP contribution in [0.25, 0.3) is 0 Å². The molecule has 0 radical (unpaired) electrons. The third kappa shape index (κ3) is 10.5. The smallest absolute Gasteiger partial charge is 0.220 e. The van der Waals surface area contributed by atoms with Crippen LogP contribution < -0.4 is 5.32 Å². The van der Waals surface area contributed by atoms with Crippen LogP contribution in [0.1, 0.15) is 40.0 Å². The van der Waals surface area contributed by atoms with Crippen molar-refractivity contribution in [3.05, 3.63) is 12.8 Å². The first-order chi connectivity index (χ1) is 9.13. The summed E-state index contributed by atoms with van der Waals surface area (Å²) in [6.07, 6.45) is 3.86. The van der Waals surface area contributed by atoms with Crippen LogP contribution in [0.2, 0.25) is 0 Å². The largest absolute Gasteiger partial charge is 0.502 e. The number of amides is 1. The number of hydrogen-bond acceptors (Lipinski definition) is 4. The maximum atomic E-state index is 11.0. The molecule has 0 aromatic carbocycles. The number of carbonyl (C=O) groups excluding carboxylic acids is 1. The maximum absolute atomic E-state index is 11.0. The fourth-order valence-corrected chi connectivity index (χ4v) is 1.66. The van der Waals surface area contributed by atoms with Crippen LogP contribution in [0.3, 0.4) is 0 Å². The molecule has 5 heteroatoms. The lowest BCUT2D eigenvalue weighted by Gasteiger charge is -2.24. The molecule has 0 spiro atoms. The van der Waals surface area contributed by atoms with Crippen molar-refractivity contribution in [2.24, 2.45) is 0 Å². The zero-order valence-electron chi connectivity index (χ0n) is 12.3. The summed E-state index contributed by atoms with van der Waals surface area (Å²) in [4.78, 5) is 11.0. The standard InChI is InChI=1S/C10H19NO3.C4H8O/c1-3-13-8(2)14-7-9-5-4-6-10(12)11-9;1-3-5-4-2/h8-9H,3-7H2,1-2H3,(H,11,12);3H,1,4H2,2H3/t8?,9-;/m1./s1. The number of piperidine rings is 1. The van der Waals surface area contributed by atoms with Gasteiger partial charge in [0.1, 0.15) is 0 Å². The van der Waals surface area contributed by atoms with Gasteiger partial charge in [-0.2, -0.15) is 0 Å². The second kappa shape index (κ2) is 12.0. The lowest BCUT2D eigenvalue weighted by Crippen LogP contribution is -2.42. The molecule has 0 bridgehead atoms. The van der Waals surface area contributed by atoms with Crippen LogP contribution in [0.4, 0.5) is 0 Å². The van der Waals surface area contributed by atoms with Gasteiger partial charge < -0.3 is 19.5 Å². The molecule has 1 aliphatic heterocycles. The average molecular weight is 273 g/mol. The lowest BCUT2D eigenvalue weighted by atomic mass is 10.1. The summed E-state index contributed by atoms with van der Waals surface area (Å²) in [5.41, 5.74) is 0. The summed E-state index contributed by atoms with van der Waals surface area (Å²) in [5.74, 6) is 0.133. The van der Waals surface area contributed by atoms with Gasteiger partial charge in [-0.1, -0.05) is 6.58 Å². The normalized spacial score (nSPS) is 19.7. The summed E-state index contributed by atoms with van der Waals surface area (Å²) in [6, 6.07) is 0.166. The van der Waals surface area contributed by atoms with Gasteiger partial charge in [0.25, 0.3) is 0 Å². The Morgan fingerprint density at radius 1 is 1.42 bits per heavy atom. The van der Waals surface area contributed by atoms with Crippen LogP contribution in [-0.4, -0.2) is 38.1 Å². The Balaban J connectivity index is 0.000000555. The van der Waals surface area contributed by atoms with E-state index in [0.29, 0.717) is 19.6 Å². The zero-order chi connectivity index (χ0) is 14.5. The highest BCUT2D eigenvalue weighted by molar-refractivity contribution is 5.76. The monoisotopic (exact) mass is 273 g/mol. The van der Waals surface area contributed by atoms with Crippen molar-refractivity contribution in [2.45, 2.75) is 52.4 Å². The van der Waals surface area contributed by atoms with E-state index in [0.717, 1.165) is 19.4 Å². The van der Waals surface area contributed by atoms with Crippen LogP contribution in [0, 0.1) is 0 Å². The van der Waals surface area contributed by atoms with Gasteiger partial charge in [-0.25, -0.2) is 0 Å². The summed E-state index contributed by atoms with van der Waals surface area (Å²) in [7, 11) is 0. The summed E-state index contributed by atoms with van der Waals surface area (Å²) in [6.45, 7) is 11.0. The predicted octanol–water partition coefficient (Wildman–Crippen LogP) is 2.22. The van der Waals surface area contributed by atoms with Crippen molar-refractivity contribution < 1.29 is 19.0 Å². The number of ether oxygens (including phenoxy) is 3. The molecule has 1 amide bonds. The van der Waals surface area contributed by atoms with Crippen LogP contribution in [-0.2, 0) is 19.0 Å². The van der Waals surface area contributed by atoms with E-state index in [1.54, 1.807) is 0 Å². The Hall–Kier alpha value is -1.07. The third-order valence-corrected chi connectivity index (χ3v) is 2.54. The molecule has 1 aliphatic rings. The van der Waals surface area contributed by atoms with Gasteiger partial charge in [0.05, 0.1) is 25.5 Å². The highest BCUT2D eigenvalue weighted by atomic mass is 16.7.